The third-order valence-electron chi connectivity index (χ3n) is 2.76. The topological polar surface area (TPSA) is 97.6 Å². The van der Waals surface area contributed by atoms with Crippen molar-refractivity contribution in [3.05, 3.63) is 29.8 Å². The Morgan fingerprint density at radius 2 is 2.06 bits per heavy atom. The van der Waals surface area contributed by atoms with Gasteiger partial charge in [-0.2, -0.15) is 0 Å². The van der Waals surface area contributed by atoms with Crippen molar-refractivity contribution in [3.63, 3.8) is 0 Å². The molecule has 0 saturated heterocycles. The van der Waals surface area contributed by atoms with E-state index in [0.717, 1.165) is 5.56 Å². The van der Waals surface area contributed by atoms with Crippen LogP contribution in [0.15, 0.2) is 24.3 Å². The van der Waals surface area contributed by atoms with Crippen LogP contribution in [0.4, 0.5) is 5.82 Å². The van der Waals surface area contributed by atoms with Gasteiger partial charge in [-0.3, -0.25) is 0 Å². The highest BCUT2D eigenvalue weighted by atomic mass is 16.7. The van der Waals surface area contributed by atoms with E-state index >= 15 is 0 Å². The van der Waals surface area contributed by atoms with Crippen LogP contribution < -0.4 is 15.2 Å². The van der Waals surface area contributed by atoms with Gasteiger partial charge in [-0.1, -0.05) is 0 Å². The van der Waals surface area contributed by atoms with E-state index in [1.807, 2.05) is 6.07 Å². The molecule has 0 bridgehead atoms. The van der Waals surface area contributed by atoms with Gasteiger partial charge in [0.2, 0.25) is 6.79 Å². The van der Waals surface area contributed by atoms with E-state index in [0.29, 0.717) is 17.2 Å². The van der Waals surface area contributed by atoms with Gasteiger partial charge in [0.1, 0.15) is 11.4 Å². The van der Waals surface area contributed by atoms with Crippen LogP contribution in [-0.2, 0) is 0 Å². The smallest absolute Gasteiger partial charge is 0.339 e. The number of aromatic nitrogens is 1. The molecule has 92 valence electrons. The molecule has 2 aromatic rings. The average Bonchev–Trinajstić information content (AvgIpc) is 2.93. The zero-order valence-corrected chi connectivity index (χ0v) is 9.27. The third kappa shape index (κ3) is 1.55. The number of aromatic carboxylic acids is 1. The lowest BCUT2D eigenvalue weighted by atomic mass is 10.1. The first-order valence-corrected chi connectivity index (χ1v) is 5.27. The summed E-state index contributed by atoms with van der Waals surface area (Å²) in [6.45, 7) is 0.200. The minimum absolute atomic E-state index is 0.0580. The number of ether oxygens (including phenoxy) is 2. The monoisotopic (exact) mass is 246 g/mol. The fourth-order valence-electron chi connectivity index (χ4n) is 1.87. The van der Waals surface area contributed by atoms with Crippen molar-refractivity contribution in [1.29, 1.82) is 0 Å². The first-order valence-electron chi connectivity index (χ1n) is 5.27. The lowest BCUT2D eigenvalue weighted by Crippen LogP contribution is -1.98. The molecule has 0 unspecified atom stereocenters. The highest BCUT2D eigenvalue weighted by Crippen LogP contribution is 2.36. The van der Waals surface area contributed by atoms with Gasteiger partial charge in [-0.25, -0.2) is 4.79 Å². The summed E-state index contributed by atoms with van der Waals surface area (Å²) in [5.41, 5.74) is 7.08. The van der Waals surface area contributed by atoms with Gasteiger partial charge in [-0.05, 0) is 24.3 Å². The number of carboxylic acid groups (broad SMARTS) is 1. The van der Waals surface area contributed by atoms with E-state index in [1.165, 1.54) is 6.07 Å². The molecule has 1 aromatic carbocycles. The predicted octanol–water partition coefficient (Wildman–Crippen LogP) is 1.69. The van der Waals surface area contributed by atoms with Crippen LogP contribution in [-0.4, -0.2) is 22.9 Å². The second-order valence-electron chi connectivity index (χ2n) is 3.88. The van der Waals surface area contributed by atoms with Crippen LogP contribution >= 0.6 is 0 Å². The lowest BCUT2D eigenvalue weighted by molar-refractivity contribution is 0.0698. The van der Waals surface area contributed by atoms with E-state index in [1.54, 1.807) is 12.1 Å². The van der Waals surface area contributed by atoms with Crippen LogP contribution in [0.5, 0.6) is 11.5 Å². The van der Waals surface area contributed by atoms with Gasteiger partial charge in [0, 0.05) is 11.3 Å². The Kier molecular flexibility index (Phi) is 2.16. The second-order valence-corrected chi connectivity index (χ2v) is 3.88. The molecular weight excluding hydrogens is 236 g/mol. The van der Waals surface area contributed by atoms with Gasteiger partial charge < -0.3 is 25.3 Å². The van der Waals surface area contributed by atoms with Crippen LogP contribution in [0, 0.1) is 0 Å². The van der Waals surface area contributed by atoms with Crippen molar-refractivity contribution in [2.24, 2.45) is 0 Å². The second kappa shape index (κ2) is 3.69. The lowest BCUT2D eigenvalue weighted by Gasteiger charge is -2.00. The summed E-state index contributed by atoms with van der Waals surface area (Å²) < 4.78 is 10.5. The molecule has 3 rings (SSSR count). The Morgan fingerprint density at radius 3 is 2.78 bits per heavy atom. The maximum absolute atomic E-state index is 10.9. The summed E-state index contributed by atoms with van der Waals surface area (Å²) in [4.78, 5) is 13.7. The molecule has 0 saturated carbocycles. The highest BCUT2D eigenvalue weighted by Gasteiger charge is 2.17. The molecular formula is C12H10N2O4. The molecule has 0 fully saturated rings. The SMILES string of the molecule is Nc1[nH]c(-c2ccc3c(c2)OCO3)cc1C(=O)O. The molecule has 1 aliphatic rings. The number of benzene rings is 1. The van der Waals surface area contributed by atoms with E-state index in [9.17, 15) is 4.79 Å². The number of nitrogens with one attached hydrogen (secondary N) is 1. The van der Waals surface area contributed by atoms with Crippen LogP contribution in [0.2, 0.25) is 0 Å². The normalized spacial score (nSPS) is 12.7. The molecule has 6 heteroatoms. The fraction of sp³-hybridized carbons (Fsp3) is 0.0833. The Balaban J connectivity index is 2.05. The zero-order valence-electron chi connectivity index (χ0n) is 9.27. The van der Waals surface area contributed by atoms with Crippen molar-refractivity contribution in [2.75, 3.05) is 12.5 Å². The minimum atomic E-state index is -1.06. The van der Waals surface area contributed by atoms with Gasteiger partial charge in [0.05, 0.1) is 0 Å². The minimum Gasteiger partial charge on any atom is -0.478 e. The number of fused-ring (bicyclic) bond motifs is 1. The van der Waals surface area contributed by atoms with Crippen molar-refractivity contribution in [2.45, 2.75) is 0 Å². The number of rotatable bonds is 2. The molecule has 0 aliphatic carbocycles. The molecule has 0 atom stereocenters. The Morgan fingerprint density at radius 1 is 1.28 bits per heavy atom. The number of nitrogen functional groups attached to an aromatic ring is 1. The summed E-state index contributed by atoms with van der Waals surface area (Å²) in [7, 11) is 0. The maximum atomic E-state index is 10.9. The summed E-state index contributed by atoms with van der Waals surface area (Å²) >= 11 is 0. The van der Waals surface area contributed by atoms with Crippen molar-refractivity contribution in [3.8, 4) is 22.8 Å². The molecule has 0 radical (unpaired) electrons. The number of H-pyrrole nitrogens is 1. The van der Waals surface area contributed by atoms with Crippen molar-refractivity contribution < 1.29 is 19.4 Å². The molecule has 0 spiro atoms. The van der Waals surface area contributed by atoms with Crippen LogP contribution in [0.25, 0.3) is 11.3 Å². The molecule has 2 heterocycles. The van der Waals surface area contributed by atoms with Crippen molar-refractivity contribution >= 4 is 11.8 Å². The number of nitrogens with two attached hydrogens (primary N) is 1. The molecule has 6 nitrogen and oxygen atoms in total. The largest absolute Gasteiger partial charge is 0.478 e. The summed E-state index contributed by atoms with van der Waals surface area (Å²) in [6.07, 6.45) is 0. The fourth-order valence-corrected chi connectivity index (χ4v) is 1.87. The zero-order chi connectivity index (χ0) is 12.7. The van der Waals surface area contributed by atoms with Crippen LogP contribution in [0.3, 0.4) is 0 Å². The average molecular weight is 246 g/mol. The van der Waals surface area contributed by atoms with Crippen LogP contribution in [0.1, 0.15) is 10.4 Å². The number of aromatic amines is 1. The maximum Gasteiger partial charge on any atom is 0.339 e. The number of carboxylic acids is 1. The van der Waals surface area contributed by atoms with Gasteiger partial charge in [-0.15, -0.1) is 0 Å². The quantitative estimate of drug-likeness (QED) is 0.749. The van der Waals surface area contributed by atoms with Crippen molar-refractivity contribution in [1.82, 2.24) is 4.98 Å². The Labute approximate surface area is 102 Å². The molecule has 4 N–H and O–H groups in total. The Hall–Kier alpha value is -2.63. The highest BCUT2D eigenvalue weighted by molar-refractivity contribution is 5.95. The first kappa shape index (κ1) is 10.5. The van der Waals surface area contributed by atoms with E-state index in [2.05, 4.69) is 4.98 Å². The third-order valence-corrected chi connectivity index (χ3v) is 2.76. The number of carbonyl (C=O) groups is 1. The van der Waals surface area contributed by atoms with Gasteiger partial charge >= 0.3 is 5.97 Å². The molecule has 1 aliphatic heterocycles. The summed E-state index contributed by atoms with van der Waals surface area (Å²) in [5, 5.41) is 8.94. The standard InChI is InChI=1S/C12H10N2O4/c13-11-7(12(15)16)4-8(14-11)6-1-2-9-10(3-6)18-5-17-9/h1-4,14H,5,13H2,(H,15,16). The summed E-state index contributed by atoms with van der Waals surface area (Å²) in [5.74, 6) is 0.389. The van der Waals surface area contributed by atoms with E-state index < -0.39 is 5.97 Å². The molecule has 1 aromatic heterocycles. The number of hydrogen-bond donors (Lipinski definition) is 3. The van der Waals surface area contributed by atoms with E-state index in [-0.39, 0.29) is 18.2 Å². The van der Waals surface area contributed by atoms with Gasteiger partial charge in [0.25, 0.3) is 0 Å². The number of anilines is 1. The Bertz CT molecular complexity index is 633. The van der Waals surface area contributed by atoms with Gasteiger partial charge in [0.15, 0.2) is 11.5 Å². The first-order chi connectivity index (χ1) is 8.65. The molecule has 18 heavy (non-hydrogen) atoms. The summed E-state index contributed by atoms with van der Waals surface area (Å²) in [6, 6.07) is 6.86. The number of hydrogen-bond acceptors (Lipinski definition) is 4. The molecule has 0 amide bonds. The van der Waals surface area contributed by atoms with E-state index in [4.69, 9.17) is 20.3 Å². The predicted molar refractivity (Wildman–Crippen MR) is 63.7 cm³/mol.